The van der Waals surface area contributed by atoms with Crippen LogP contribution in [0, 0.1) is 5.82 Å². The van der Waals surface area contributed by atoms with Crippen LogP contribution in [0.15, 0.2) is 24.3 Å². The van der Waals surface area contributed by atoms with Crippen LogP contribution in [0.5, 0.6) is 0 Å². The van der Waals surface area contributed by atoms with Crippen molar-refractivity contribution in [2.24, 2.45) is 0 Å². The highest BCUT2D eigenvalue weighted by Gasteiger charge is 2.51. The van der Waals surface area contributed by atoms with Crippen molar-refractivity contribution in [2.45, 2.75) is 37.1 Å². The highest BCUT2D eigenvalue weighted by Crippen LogP contribution is 2.48. The van der Waals surface area contributed by atoms with Gasteiger partial charge in [0, 0.05) is 6.54 Å². The maximum Gasteiger partial charge on any atom is 0.242 e. The number of hydrogen-bond acceptors (Lipinski definition) is 2. The molecule has 0 bridgehead atoms. The molecule has 2 N–H and O–H groups in total. The van der Waals surface area contributed by atoms with Gasteiger partial charge in [0.2, 0.25) is 11.8 Å². The van der Waals surface area contributed by atoms with E-state index in [1.54, 1.807) is 12.1 Å². The first-order valence-electron chi connectivity index (χ1n) is 6.96. The second-order valence-corrected chi connectivity index (χ2v) is 5.55. The Morgan fingerprint density at radius 3 is 2.60 bits per heavy atom. The average molecular weight is 276 g/mol. The number of amides is 2. The van der Waals surface area contributed by atoms with Crippen molar-refractivity contribution in [1.29, 1.82) is 0 Å². The summed E-state index contributed by atoms with van der Waals surface area (Å²) in [7, 11) is 0. The molecule has 20 heavy (non-hydrogen) atoms. The predicted molar refractivity (Wildman–Crippen MR) is 71.5 cm³/mol. The summed E-state index contributed by atoms with van der Waals surface area (Å²) in [5.74, 6) is -0.540. The summed E-state index contributed by atoms with van der Waals surface area (Å²) in [5, 5.41) is 5.59. The summed E-state index contributed by atoms with van der Waals surface area (Å²) in [6.45, 7) is 0.675. The number of carbonyl (C=O) groups is 2. The maximum atomic E-state index is 13.0. The molecule has 4 nitrogen and oxygen atoms in total. The molecule has 1 atom stereocenters. The number of halogens is 1. The van der Waals surface area contributed by atoms with Crippen LogP contribution in [0.4, 0.5) is 4.39 Å². The highest BCUT2D eigenvalue weighted by atomic mass is 19.1. The van der Waals surface area contributed by atoms with Crippen LogP contribution >= 0.6 is 0 Å². The van der Waals surface area contributed by atoms with Crippen LogP contribution in [0.3, 0.4) is 0 Å². The van der Waals surface area contributed by atoms with E-state index in [4.69, 9.17) is 0 Å². The minimum absolute atomic E-state index is 0.112. The lowest BCUT2D eigenvalue weighted by molar-refractivity contribution is -0.131. The van der Waals surface area contributed by atoms with Crippen LogP contribution in [-0.4, -0.2) is 24.4 Å². The lowest BCUT2D eigenvalue weighted by Crippen LogP contribution is -2.52. The zero-order valence-electron chi connectivity index (χ0n) is 11.1. The van der Waals surface area contributed by atoms with Crippen LogP contribution in [0.1, 0.15) is 31.2 Å². The van der Waals surface area contributed by atoms with Gasteiger partial charge in [0.1, 0.15) is 11.9 Å². The van der Waals surface area contributed by atoms with Crippen molar-refractivity contribution in [3.63, 3.8) is 0 Å². The zero-order valence-corrected chi connectivity index (χ0v) is 11.1. The lowest BCUT2D eigenvalue weighted by atomic mass is 9.94. The molecule has 1 aliphatic heterocycles. The van der Waals surface area contributed by atoms with Gasteiger partial charge in [0.05, 0.1) is 5.41 Å². The Hall–Kier alpha value is -1.91. The fraction of sp³-hybridized carbons (Fsp3) is 0.467. The number of carbonyl (C=O) groups excluding carboxylic acids is 2. The zero-order chi connectivity index (χ0) is 14.2. The van der Waals surface area contributed by atoms with Gasteiger partial charge in [-0.15, -0.1) is 0 Å². The average Bonchev–Trinajstić information content (AvgIpc) is 3.24. The Morgan fingerprint density at radius 2 is 2.00 bits per heavy atom. The van der Waals surface area contributed by atoms with Gasteiger partial charge in [0.25, 0.3) is 0 Å². The van der Waals surface area contributed by atoms with E-state index in [1.807, 2.05) is 0 Å². The lowest BCUT2D eigenvalue weighted by Gasteiger charge is -2.25. The fourth-order valence-corrected chi connectivity index (χ4v) is 2.75. The van der Waals surface area contributed by atoms with Gasteiger partial charge in [-0.05, 0) is 43.4 Å². The Labute approximate surface area is 116 Å². The van der Waals surface area contributed by atoms with E-state index in [9.17, 15) is 14.0 Å². The molecule has 1 aliphatic carbocycles. The van der Waals surface area contributed by atoms with E-state index < -0.39 is 11.5 Å². The van der Waals surface area contributed by atoms with Crippen molar-refractivity contribution >= 4 is 11.8 Å². The van der Waals surface area contributed by atoms with E-state index in [-0.39, 0.29) is 17.6 Å². The standard InChI is InChI=1S/C15H17FN2O2/c16-11-5-3-10(4-6-11)15(7-8-15)14(20)18-12-2-1-9-17-13(12)19/h3-6,12H,1-2,7-9H2,(H,17,19)(H,18,20)/t12-/m0/s1. The molecule has 5 heteroatoms. The topological polar surface area (TPSA) is 58.2 Å². The van der Waals surface area contributed by atoms with Crippen LogP contribution in [-0.2, 0) is 15.0 Å². The summed E-state index contributed by atoms with van der Waals surface area (Å²) < 4.78 is 13.0. The van der Waals surface area contributed by atoms with Gasteiger partial charge in [-0.25, -0.2) is 4.39 Å². The molecule has 106 valence electrons. The van der Waals surface area contributed by atoms with Gasteiger partial charge in [-0.1, -0.05) is 12.1 Å². The first-order chi connectivity index (χ1) is 9.62. The molecule has 1 heterocycles. The maximum absolute atomic E-state index is 13.0. The third-order valence-electron chi connectivity index (χ3n) is 4.17. The first kappa shape index (κ1) is 13.1. The van der Waals surface area contributed by atoms with Crippen molar-refractivity contribution in [2.75, 3.05) is 6.54 Å². The summed E-state index contributed by atoms with van der Waals surface area (Å²) in [5.41, 5.74) is 0.262. The molecule has 1 aromatic rings. The van der Waals surface area contributed by atoms with Gasteiger partial charge in [-0.3, -0.25) is 9.59 Å². The molecular formula is C15H17FN2O2. The number of benzene rings is 1. The van der Waals surface area contributed by atoms with Crippen LogP contribution in [0.2, 0.25) is 0 Å². The normalized spacial score (nSPS) is 23.9. The molecule has 0 radical (unpaired) electrons. The smallest absolute Gasteiger partial charge is 0.242 e. The Bertz CT molecular complexity index is 537. The molecular weight excluding hydrogens is 259 g/mol. The second-order valence-electron chi connectivity index (χ2n) is 5.55. The summed E-state index contributed by atoms with van der Waals surface area (Å²) in [6, 6.07) is 5.62. The van der Waals surface area contributed by atoms with Gasteiger partial charge < -0.3 is 10.6 Å². The first-order valence-corrected chi connectivity index (χ1v) is 6.96. The van der Waals surface area contributed by atoms with Crippen molar-refractivity contribution < 1.29 is 14.0 Å². The Morgan fingerprint density at radius 1 is 1.30 bits per heavy atom. The van der Waals surface area contributed by atoms with Crippen molar-refractivity contribution in [3.8, 4) is 0 Å². The third-order valence-corrected chi connectivity index (χ3v) is 4.17. The van der Waals surface area contributed by atoms with Crippen molar-refractivity contribution in [1.82, 2.24) is 10.6 Å². The fourth-order valence-electron chi connectivity index (χ4n) is 2.75. The quantitative estimate of drug-likeness (QED) is 0.873. The molecule has 1 aromatic carbocycles. The second kappa shape index (κ2) is 4.89. The van der Waals surface area contributed by atoms with Crippen LogP contribution < -0.4 is 10.6 Å². The van der Waals surface area contributed by atoms with E-state index in [0.29, 0.717) is 13.0 Å². The van der Waals surface area contributed by atoms with E-state index in [1.165, 1.54) is 12.1 Å². The molecule has 0 unspecified atom stereocenters. The SMILES string of the molecule is O=C1NCCC[C@@H]1NC(=O)C1(c2ccc(F)cc2)CC1. The minimum Gasteiger partial charge on any atom is -0.354 e. The summed E-state index contributed by atoms with van der Waals surface area (Å²) >= 11 is 0. The highest BCUT2D eigenvalue weighted by molar-refractivity contribution is 5.95. The van der Waals surface area contributed by atoms with E-state index >= 15 is 0 Å². The van der Waals surface area contributed by atoms with Gasteiger partial charge in [0.15, 0.2) is 0 Å². The minimum atomic E-state index is -0.564. The van der Waals surface area contributed by atoms with Gasteiger partial charge >= 0.3 is 0 Å². The predicted octanol–water partition coefficient (Wildman–Crippen LogP) is 1.25. The number of nitrogens with one attached hydrogen (secondary N) is 2. The molecule has 0 spiro atoms. The number of piperidine rings is 1. The molecule has 1 saturated carbocycles. The molecule has 2 amide bonds. The summed E-state index contributed by atoms with van der Waals surface area (Å²) in [4.78, 5) is 24.1. The molecule has 2 fully saturated rings. The van der Waals surface area contributed by atoms with Crippen LogP contribution in [0.25, 0.3) is 0 Å². The van der Waals surface area contributed by atoms with Gasteiger partial charge in [-0.2, -0.15) is 0 Å². The molecule has 0 aromatic heterocycles. The molecule has 1 saturated heterocycles. The number of rotatable bonds is 3. The van der Waals surface area contributed by atoms with E-state index in [0.717, 1.165) is 24.8 Å². The third kappa shape index (κ3) is 2.28. The molecule has 3 rings (SSSR count). The monoisotopic (exact) mass is 276 g/mol. The summed E-state index contributed by atoms with van der Waals surface area (Å²) in [6.07, 6.45) is 3.05. The van der Waals surface area contributed by atoms with Crippen molar-refractivity contribution in [3.05, 3.63) is 35.6 Å². The Balaban J connectivity index is 1.73. The Kier molecular flexibility index (Phi) is 3.20. The number of hydrogen-bond donors (Lipinski definition) is 2. The van der Waals surface area contributed by atoms with E-state index in [2.05, 4.69) is 10.6 Å². The largest absolute Gasteiger partial charge is 0.354 e. The molecule has 2 aliphatic rings.